The van der Waals surface area contributed by atoms with Crippen LogP contribution in [0.1, 0.15) is 4.88 Å². The molecule has 0 atom stereocenters. The molecule has 7 nitrogen and oxygen atoms in total. The lowest BCUT2D eigenvalue weighted by atomic mass is 10.5. The van der Waals surface area contributed by atoms with Gasteiger partial charge in [0.25, 0.3) is 5.96 Å². The van der Waals surface area contributed by atoms with Gasteiger partial charge in [0, 0.05) is 11.1 Å². The van der Waals surface area contributed by atoms with Gasteiger partial charge in [0.2, 0.25) is 0 Å². The highest BCUT2D eigenvalue weighted by Gasteiger charge is 2.11. The van der Waals surface area contributed by atoms with Crippen molar-refractivity contribution < 1.29 is 5.03 Å². The average molecular weight is 250 g/mol. The largest absolute Gasteiger partial charge is 0.365 e. The zero-order valence-corrected chi connectivity index (χ0v) is 9.33. The Balaban J connectivity index is 2.61. The average Bonchev–Trinajstić information content (AvgIpc) is 2.59. The van der Waals surface area contributed by atoms with E-state index in [1.807, 2.05) is 0 Å². The van der Waals surface area contributed by atoms with Crippen LogP contribution in [0.2, 0.25) is 4.47 Å². The van der Waals surface area contributed by atoms with Gasteiger partial charge < -0.3 is 5.73 Å². The highest BCUT2D eigenvalue weighted by molar-refractivity contribution is 7.15. The fraction of sp³-hybridized carbons (Fsp3) is 0.333. The van der Waals surface area contributed by atoms with Crippen LogP contribution >= 0.6 is 22.9 Å². The van der Waals surface area contributed by atoms with E-state index in [-0.39, 0.29) is 12.5 Å². The second-order valence-corrected chi connectivity index (χ2v) is 4.21. The molecule has 0 aliphatic rings. The van der Waals surface area contributed by atoms with Crippen LogP contribution in [-0.2, 0) is 6.54 Å². The fourth-order valence-corrected chi connectivity index (χ4v) is 1.60. The molecule has 9 heteroatoms. The summed E-state index contributed by atoms with van der Waals surface area (Å²) in [7, 11) is 1.22. The second-order valence-electron chi connectivity index (χ2n) is 2.52. The molecular formula is C6H8ClN5O2S. The zero-order chi connectivity index (χ0) is 11.4. The summed E-state index contributed by atoms with van der Waals surface area (Å²) in [4.78, 5) is 18.7. The molecule has 1 aromatic rings. The Morgan fingerprint density at radius 1 is 1.93 bits per heavy atom. The number of hydrogen-bond acceptors (Lipinski definition) is 5. The number of rotatable bonds is 3. The van der Waals surface area contributed by atoms with Crippen molar-refractivity contribution in [3.63, 3.8) is 0 Å². The molecule has 0 unspecified atom stereocenters. The Labute approximate surface area is 94.3 Å². The van der Waals surface area contributed by atoms with Crippen molar-refractivity contribution in [1.82, 2.24) is 9.99 Å². The van der Waals surface area contributed by atoms with Gasteiger partial charge in [0.15, 0.2) is 9.50 Å². The predicted molar refractivity (Wildman–Crippen MR) is 57.2 cm³/mol. The molecule has 0 amide bonds. The van der Waals surface area contributed by atoms with E-state index in [9.17, 15) is 10.1 Å². The Kier molecular flexibility index (Phi) is 3.81. The molecule has 1 rings (SSSR count). The molecule has 0 radical (unpaired) electrons. The lowest BCUT2D eigenvalue weighted by Crippen LogP contribution is -2.38. The monoisotopic (exact) mass is 249 g/mol. The number of hydrazine groups is 1. The van der Waals surface area contributed by atoms with Crippen molar-refractivity contribution >= 4 is 28.9 Å². The van der Waals surface area contributed by atoms with Gasteiger partial charge in [-0.15, -0.1) is 11.3 Å². The summed E-state index contributed by atoms with van der Waals surface area (Å²) in [6.45, 7) is 0.231. The number of nitrogens with zero attached hydrogens (tertiary/aromatic N) is 4. The smallest absolute Gasteiger partial charge is 0.254 e. The molecule has 0 aliphatic carbocycles. The molecule has 1 aromatic heterocycles. The summed E-state index contributed by atoms with van der Waals surface area (Å²) < 4.78 is 0.404. The number of nitrogens with two attached hydrogens (primary N) is 1. The standard InChI is InChI=1S/C6H8ClN5O2S/c1-11(12(13)14)6(8)10-3-4-2-9-5(7)15-4/h2H,3H2,1H3,(H2,8,10). The van der Waals surface area contributed by atoms with Crippen LogP contribution in [-0.4, -0.2) is 28.0 Å². The normalized spacial score (nSPS) is 11.5. The number of aliphatic imine (C=N–C) groups is 1. The fourth-order valence-electron chi connectivity index (χ4n) is 0.702. The summed E-state index contributed by atoms with van der Waals surface area (Å²) >= 11 is 6.85. The molecule has 0 saturated carbocycles. The number of aromatic nitrogens is 1. The van der Waals surface area contributed by atoms with Gasteiger partial charge >= 0.3 is 0 Å². The first kappa shape index (κ1) is 11.7. The van der Waals surface area contributed by atoms with E-state index in [1.165, 1.54) is 18.4 Å². The van der Waals surface area contributed by atoms with Gasteiger partial charge in [-0.2, -0.15) is 0 Å². The first-order valence-corrected chi connectivity index (χ1v) is 4.98. The maximum Gasteiger partial charge on any atom is 0.254 e. The molecule has 0 spiro atoms. The molecule has 0 aromatic carbocycles. The number of guanidine groups is 1. The van der Waals surface area contributed by atoms with Crippen LogP contribution in [0.4, 0.5) is 0 Å². The molecule has 0 fully saturated rings. The topological polar surface area (TPSA) is 97.7 Å². The van der Waals surface area contributed by atoms with E-state index >= 15 is 0 Å². The highest BCUT2D eigenvalue weighted by Crippen LogP contribution is 2.18. The second kappa shape index (κ2) is 4.89. The number of nitro groups is 1. The van der Waals surface area contributed by atoms with E-state index < -0.39 is 5.03 Å². The highest BCUT2D eigenvalue weighted by atomic mass is 35.5. The van der Waals surface area contributed by atoms with Crippen molar-refractivity contribution in [3.05, 3.63) is 25.7 Å². The Bertz CT molecular complexity index is 393. The molecule has 1 heterocycles. The third-order valence-corrected chi connectivity index (χ3v) is 2.60. The number of thiazole rings is 1. The van der Waals surface area contributed by atoms with E-state index in [0.717, 1.165) is 4.88 Å². The molecular weight excluding hydrogens is 242 g/mol. The van der Waals surface area contributed by atoms with Crippen LogP contribution in [0, 0.1) is 10.1 Å². The maximum atomic E-state index is 10.3. The first-order valence-electron chi connectivity index (χ1n) is 3.79. The molecule has 82 valence electrons. The number of hydrogen-bond donors (Lipinski definition) is 1. The van der Waals surface area contributed by atoms with Crippen LogP contribution in [0.15, 0.2) is 11.2 Å². The molecule has 0 aliphatic heterocycles. The van der Waals surface area contributed by atoms with Crippen molar-refractivity contribution in [2.45, 2.75) is 6.54 Å². The lowest BCUT2D eigenvalue weighted by molar-refractivity contribution is -0.623. The third kappa shape index (κ3) is 3.33. The van der Waals surface area contributed by atoms with Gasteiger partial charge in [-0.05, 0) is 0 Å². The van der Waals surface area contributed by atoms with E-state index in [1.54, 1.807) is 6.20 Å². The summed E-state index contributed by atoms with van der Waals surface area (Å²) in [5.74, 6) is -0.162. The molecule has 0 bridgehead atoms. The summed E-state index contributed by atoms with van der Waals surface area (Å²) in [6.07, 6.45) is 1.55. The van der Waals surface area contributed by atoms with Gasteiger partial charge in [-0.25, -0.2) is 20.1 Å². The van der Waals surface area contributed by atoms with E-state index in [4.69, 9.17) is 17.3 Å². The summed E-state index contributed by atoms with van der Waals surface area (Å²) in [6, 6.07) is 0. The zero-order valence-electron chi connectivity index (χ0n) is 7.75. The Hall–Kier alpha value is -1.41. The minimum atomic E-state index is -0.654. The Morgan fingerprint density at radius 2 is 2.60 bits per heavy atom. The van der Waals surface area contributed by atoms with Gasteiger partial charge in [-0.1, -0.05) is 16.6 Å². The van der Waals surface area contributed by atoms with E-state index in [2.05, 4.69) is 9.98 Å². The minimum Gasteiger partial charge on any atom is -0.365 e. The third-order valence-electron chi connectivity index (χ3n) is 1.50. The first-order chi connectivity index (χ1) is 7.00. The van der Waals surface area contributed by atoms with Crippen LogP contribution < -0.4 is 5.73 Å². The van der Waals surface area contributed by atoms with Crippen LogP contribution in [0.25, 0.3) is 0 Å². The van der Waals surface area contributed by atoms with Crippen molar-refractivity contribution in [2.75, 3.05) is 7.05 Å². The van der Waals surface area contributed by atoms with Crippen molar-refractivity contribution in [1.29, 1.82) is 0 Å². The minimum absolute atomic E-state index is 0.162. The Morgan fingerprint density at radius 3 is 3.07 bits per heavy atom. The van der Waals surface area contributed by atoms with Crippen LogP contribution in [0.5, 0.6) is 0 Å². The quantitative estimate of drug-likeness (QED) is 0.369. The summed E-state index contributed by atoms with van der Waals surface area (Å²) in [5, 5.41) is 10.3. The van der Waals surface area contributed by atoms with Crippen molar-refractivity contribution in [2.24, 2.45) is 10.7 Å². The predicted octanol–water partition coefficient (Wildman–Crippen LogP) is 0.735. The summed E-state index contributed by atoms with van der Waals surface area (Å²) in [5.41, 5.74) is 5.36. The maximum absolute atomic E-state index is 10.3. The van der Waals surface area contributed by atoms with E-state index in [0.29, 0.717) is 9.48 Å². The SMILES string of the molecule is CN(C(N)=NCc1cnc(Cl)s1)[N+](=O)[O-]. The molecule has 15 heavy (non-hydrogen) atoms. The van der Waals surface area contributed by atoms with Gasteiger partial charge in [0.05, 0.1) is 13.6 Å². The number of halogens is 1. The molecule has 2 N–H and O–H groups in total. The van der Waals surface area contributed by atoms with Gasteiger partial charge in [-0.3, -0.25) is 0 Å². The molecule has 0 saturated heterocycles. The van der Waals surface area contributed by atoms with Crippen LogP contribution in [0.3, 0.4) is 0 Å². The van der Waals surface area contributed by atoms with Gasteiger partial charge in [0.1, 0.15) is 0 Å². The van der Waals surface area contributed by atoms with Crippen molar-refractivity contribution in [3.8, 4) is 0 Å². The lowest BCUT2D eigenvalue weighted by Gasteiger charge is -2.05.